The number of aromatic nitrogens is 2. The summed E-state index contributed by atoms with van der Waals surface area (Å²) in [7, 11) is 3.45. The highest BCUT2D eigenvalue weighted by molar-refractivity contribution is 5.98. The molecule has 51 heavy (non-hydrogen) atoms. The van der Waals surface area contributed by atoms with Crippen molar-refractivity contribution in [2.45, 2.75) is 83.5 Å². The molecule has 1 heterocycles. The predicted molar refractivity (Wildman–Crippen MR) is 199 cm³/mol. The molecule has 3 aromatic carbocycles. The van der Waals surface area contributed by atoms with Crippen molar-refractivity contribution in [3.63, 3.8) is 0 Å². The molecule has 4 aromatic rings. The molecule has 4 amide bonds. The molecule has 0 saturated carbocycles. The van der Waals surface area contributed by atoms with E-state index < -0.39 is 41.0 Å². The van der Waals surface area contributed by atoms with Gasteiger partial charge in [-0.3, -0.25) is 14.4 Å². The summed E-state index contributed by atoms with van der Waals surface area (Å²) < 4.78 is 7.10. The molecule has 270 valence electrons. The van der Waals surface area contributed by atoms with E-state index in [1.165, 1.54) is 0 Å². The number of hydrogen-bond donors (Lipinski definition) is 3. The second kappa shape index (κ2) is 17.0. The quantitative estimate of drug-likeness (QED) is 0.145. The van der Waals surface area contributed by atoms with Crippen LogP contribution in [-0.4, -0.2) is 69.5 Å². The fraction of sp³-hybridized carbons (Fsp3) is 0.375. The third-order valence-electron chi connectivity index (χ3n) is 8.24. The number of imidazole rings is 1. The van der Waals surface area contributed by atoms with Crippen molar-refractivity contribution in [2.24, 2.45) is 0 Å². The van der Waals surface area contributed by atoms with Crippen LogP contribution in [0, 0.1) is 0 Å². The minimum absolute atomic E-state index is 0.0643. The Morgan fingerprint density at radius 3 is 2.06 bits per heavy atom. The number of ether oxygens (including phenoxy) is 1. The lowest BCUT2D eigenvalue weighted by Gasteiger charge is -2.29. The van der Waals surface area contributed by atoms with E-state index in [-0.39, 0.29) is 11.7 Å². The number of hydrogen-bond acceptors (Lipinski definition) is 6. The number of carbonyl (C=O) groups excluding carboxylic acids is 4. The first-order valence-corrected chi connectivity index (χ1v) is 17.2. The van der Waals surface area contributed by atoms with Crippen LogP contribution in [0.1, 0.15) is 64.5 Å². The molecule has 0 spiro atoms. The minimum atomic E-state index is -1.37. The largest absolute Gasteiger partial charge is 0.444 e. The molecule has 0 aliphatic rings. The normalized spacial score (nSPS) is 12.7. The Hall–Kier alpha value is -5.45. The summed E-state index contributed by atoms with van der Waals surface area (Å²) in [6.07, 6.45) is 4.17. The molecule has 11 nitrogen and oxygen atoms in total. The number of carbonyl (C=O) groups is 4. The third-order valence-corrected chi connectivity index (χ3v) is 8.24. The molecule has 0 saturated heterocycles. The molecule has 0 fully saturated rings. The highest BCUT2D eigenvalue weighted by atomic mass is 16.6. The van der Waals surface area contributed by atoms with Gasteiger partial charge in [0.1, 0.15) is 17.2 Å². The molecule has 0 aliphatic carbocycles. The first kappa shape index (κ1) is 38.4. The van der Waals surface area contributed by atoms with Crippen molar-refractivity contribution in [3.8, 4) is 11.1 Å². The summed E-state index contributed by atoms with van der Waals surface area (Å²) in [5.74, 6) is -1.27. The molecule has 3 N–H and O–H groups in total. The zero-order chi connectivity index (χ0) is 37.2. The molecule has 0 bridgehead atoms. The number of likely N-dealkylation sites (N-methyl/N-ethyl adjacent to an activating group) is 1. The summed E-state index contributed by atoms with van der Waals surface area (Å²) >= 11 is 0. The van der Waals surface area contributed by atoms with Crippen LogP contribution in [0.3, 0.4) is 0 Å². The maximum atomic E-state index is 13.7. The number of nitrogens with one attached hydrogen (secondary N) is 3. The molecular formula is C40H50N6O5. The van der Waals surface area contributed by atoms with E-state index in [4.69, 9.17) is 4.74 Å². The van der Waals surface area contributed by atoms with E-state index in [1.807, 2.05) is 84.9 Å². The van der Waals surface area contributed by atoms with Crippen molar-refractivity contribution in [2.75, 3.05) is 19.4 Å². The number of aryl methyl sites for hydroxylation is 1. The average molecular weight is 695 g/mol. The van der Waals surface area contributed by atoms with Crippen LogP contribution in [0.2, 0.25) is 0 Å². The second-order valence-corrected chi connectivity index (χ2v) is 14.4. The van der Waals surface area contributed by atoms with Gasteiger partial charge in [0.05, 0.1) is 12.2 Å². The van der Waals surface area contributed by atoms with Crippen LogP contribution < -0.4 is 16.0 Å². The van der Waals surface area contributed by atoms with Crippen molar-refractivity contribution in [1.82, 2.24) is 25.1 Å². The van der Waals surface area contributed by atoms with Gasteiger partial charge in [-0.05, 0) is 76.1 Å². The van der Waals surface area contributed by atoms with Gasteiger partial charge in [-0.15, -0.1) is 0 Å². The standard InChI is InChI=1S/C40H50N6O5/c1-39(2,3)51-38(50)44-40(4,5)37(49)42-33(20-14-17-28-15-10-8-11-16-28)35(47)43-34-26-46(27-41-34)25-32(36(48)45(6)7)31-23-21-30(22-24-31)29-18-12-9-13-19-29/h8-13,15-16,18-19,21-24,26-27,32-33H,14,17,20,25H2,1-7H3,(H,42,49)(H,43,47)(H,44,50)/t32?,33-/m1/s1. The number of alkyl carbamates (subject to hydrolysis) is 1. The first-order valence-electron chi connectivity index (χ1n) is 17.2. The van der Waals surface area contributed by atoms with E-state index >= 15 is 0 Å². The Kier molecular flexibility index (Phi) is 12.8. The third kappa shape index (κ3) is 11.6. The lowest BCUT2D eigenvalue weighted by molar-refractivity contribution is -0.130. The summed E-state index contributed by atoms with van der Waals surface area (Å²) in [6.45, 7) is 8.60. The number of nitrogens with zero attached hydrogens (tertiary/aromatic N) is 3. The maximum Gasteiger partial charge on any atom is 0.408 e. The van der Waals surface area contributed by atoms with Gasteiger partial charge in [-0.1, -0.05) is 84.9 Å². The molecule has 2 atom stereocenters. The van der Waals surface area contributed by atoms with Crippen LogP contribution in [0.5, 0.6) is 0 Å². The van der Waals surface area contributed by atoms with Crippen LogP contribution in [0.4, 0.5) is 10.6 Å². The number of rotatable bonds is 14. The summed E-state index contributed by atoms with van der Waals surface area (Å²) in [5, 5.41) is 8.27. The molecular weight excluding hydrogens is 644 g/mol. The van der Waals surface area contributed by atoms with Crippen LogP contribution >= 0.6 is 0 Å². The average Bonchev–Trinajstić information content (AvgIpc) is 3.52. The van der Waals surface area contributed by atoms with Gasteiger partial charge in [-0.25, -0.2) is 9.78 Å². The molecule has 0 aliphatic heterocycles. The van der Waals surface area contributed by atoms with E-state index in [0.29, 0.717) is 25.8 Å². The SMILES string of the molecule is CN(C)C(=O)C(Cn1cnc(NC(=O)[C@@H](CCCc2ccccc2)NC(=O)C(C)(C)NC(=O)OC(C)(C)C)c1)c1ccc(-c2ccccc2)cc1. The highest BCUT2D eigenvalue weighted by Gasteiger charge is 2.34. The van der Waals surface area contributed by atoms with Gasteiger partial charge < -0.3 is 30.2 Å². The minimum Gasteiger partial charge on any atom is -0.444 e. The van der Waals surface area contributed by atoms with E-state index in [9.17, 15) is 19.2 Å². The highest BCUT2D eigenvalue weighted by Crippen LogP contribution is 2.26. The summed E-state index contributed by atoms with van der Waals surface area (Å²) in [5.41, 5.74) is 2.01. The monoisotopic (exact) mass is 694 g/mol. The van der Waals surface area contributed by atoms with E-state index in [1.54, 1.807) is 70.7 Å². The van der Waals surface area contributed by atoms with Crippen molar-refractivity contribution >= 4 is 29.6 Å². The topological polar surface area (TPSA) is 135 Å². The first-order chi connectivity index (χ1) is 24.1. The molecule has 11 heteroatoms. The lowest BCUT2D eigenvalue weighted by atomic mass is 9.95. The molecule has 0 radical (unpaired) electrons. The van der Waals surface area contributed by atoms with Gasteiger partial charge in [-0.2, -0.15) is 0 Å². The van der Waals surface area contributed by atoms with Gasteiger partial charge in [0.2, 0.25) is 17.7 Å². The van der Waals surface area contributed by atoms with Crippen molar-refractivity contribution in [1.29, 1.82) is 0 Å². The lowest BCUT2D eigenvalue weighted by Crippen LogP contribution is -2.58. The van der Waals surface area contributed by atoms with Crippen LogP contribution in [-0.2, 0) is 32.1 Å². The fourth-order valence-electron chi connectivity index (χ4n) is 5.50. The van der Waals surface area contributed by atoms with E-state index in [0.717, 1.165) is 22.3 Å². The summed E-state index contributed by atoms with van der Waals surface area (Å²) in [4.78, 5) is 58.9. The fourth-order valence-corrected chi connectivity index (χ4v) is 5.50. The van der Waals surface area contributed by atoms with Crippen molar-refractivity contribution in [3.05, 3.63) is 109 Å². The van der Waals surface area contributed by atoms with Gasteiger partial charge in [0, 0.05) is 26.8 Å². The van der Waals surface area contributed by atoms with Crippen molar-refractivity contribution < 1.29 is 23.9 Å². The Balaban J connectivity index is 1.47. The second-order valence-electron chi connectivity index (χ2n) is 14.4. The molecule has 1 aromatic heterocycles. The van der Waals surface area contributed by atoms with E-state index in [2.05, 4.69) is 20.9 Å². The zero-order valence-electron chi connectivity index (χ0n) is 30.6. The Labute approximate surface area is 300 Å². The predicted octanol–water partition coefficient (Wildman–Crippen LogP) is 6.17. The van der Waals surface area contributed by atoms with Crippen LogP contribution in [0.15, 0.2) is 97.5 Å². The molecule has 4 rings (SSSR count). The smallest absolute Gasteiger partial charge is 0.408 e. The van der Waals surface area contributed by atoms with Crippen LogP contribution in [0.25, 0.3) is 11.1 Å². The van der Waals surface area contributed by atoms with Gasteiger partial charge in [0.25, 0.3) is 0 Å². The Morgan fingerprint density at radius 2 is 1.45 bits per heavy atom. The number of amides is 4. The Bertz CT molecular complexity index is 1760. The maximum absolute atomic E-state index is 13.7. The zero-order valence-corrected chi connectivity index (χ0v) is 30.6. The summed E-state index contributed by atoms with van der Waals surface area (Å²) in [6, 6.07) is 27.0. The number of benzene rings is 3. The van der Waals surface area contributed by atoms with Gasteiger partial charge >= 0.3 is 6.09 Å². The molecule has 1 unspecified atom stereocenters. The van der Waals surface area contributed by atoms with Gasteiger partial charge in [0.15, 0.2) is 5.82 Å². The number of anilines is 1. The Morgan fingerprint density at radius 1 is 0.843 bits per heavy atom.